The number of hydrogen-bond donors (Lipinski definition) is 0. The topological polar surface area (TPSA) is 11.4 Å². The van der Waals surface area contributed by atoms with E-state index in [2.05, 4.69) is 255 Å². The molecule has 3 heteroatoms. The van der Waals surface area contributed by atoms with E-state index in [1.54, 1.807) is 0 Å². The van der Waals surface area contributed by atoms with Gasteiger partial charge in [0.1, 0.15) is 0 Å². The molecule has 1 heterocycles. The summed E-state index contributed by atoms with van der Waals surface area (Å²) in [6.45, 7) is 10.8. The summed E-state index contributed by atoms with van der Waals surface area (Å²) in [5.74, 6) is 0. The molecule has 8 aromatic carbocycles. The summed E-state index contributed by atoms with van der Waals surface area (Å²) in [4.78, 5) is 4.59. The van der Waals surface area contributed by atoms with Crippen molar-refractivity contribution in [3.63, 3.8) is 0 Å². The third-order valence-corrected chi connectivity index (χ3v) is 12.7. The lowest BCUT2D eigenvalue weighted by atomic mass is 9.82. The first-order valence-corrected chi connectivity index (χ1v) is 21.5. The molecule has 0 saturated heterocycles. The van der Waals surface area contributed by atoms with Crippen molar-refractivity contribution in [2.75, 3.05) is 16.8 Å². The van der Waals surface area contributed by atoms with Gasteiger partial charge >= 0.3 is 0 Å². The highest BCUT2D eigenvalue weighted by Crippen LogP contribution is 2.51. The standard InChI is InChI=1S/C59H49N3/c1-6-18-42(19-7-2)51-38-43(30-37-56(51)60(5)44-20-10-8-11-21-44)41-28-31-46(32-29-41)61(45-22-12-9-13-23-45)47-33-35-48(36-34-47)62-57-27-17-15-25-50(57)53-39-55-52(40-58(53)62)49-24-14-16-26-54(49)59(55,3)4/h6-40H,1H2,2-5H3/b19-7-,42-18+. The number of fused-ring (bicyclic) bond motifs is 6. The van der Waals surface area contributed by atoms with Gasteiger partial charge in [-0.25, -0.2) is 0 Å². The zero-order chi connectivity index (χ0) is 42.4. The monoisotopic (exact) mass is 799 g/mol. The lowest BCUT2D eigenvalue weighted by Gasteiger charge is -2.26. The van der Waals surface area contributed by atoms with Crippen molar-refractivity contribution in [3.8, 4) is 27.9 Å². The summed E-state index contributed by atoms with van der Waals surface area (Å²) in [7, 11) is 2.13. The van der Waals surface area contributed by atoms with Crippen LogP contribution >= 0.6 is 0 Å². The fourth-order valence-corrected chi connectivity index (χ4v) is 9.59. The maximum atomic E-state index is 4.03. The SMILES string of the molecule is C=C/C=C(\C=C/C)c1cc(-c2ccc(N(c3ccccc3)c3ccc(-n4c5ccccc5c5cc6c(cc54)-c4ccccc4C6(C)C)cc3)cc2)ccc1N(C)c1ccccc1. The molecular formula is C59H49N3. The maximum Gasteiger partial charge on any atom is 0.0547 e. The van der Waals surface area contributed by atoms with Gasteiger partial charge in [0, 0.05) is 62.9 Å². The van der Waals surface area contributed by atoms with Gasteiger partial charge in [-0.3, -0.25) is 0 Å². The number of rotatable bonds is 10. The second kappa shape index (κ2) is 15.8. The lowest BCUT2D eigenvalue weighted by molar-refractivity contribution is 0.661. The zero-order valence-corrected chi connectivity index (χ0v) is 35.8. The van der Waals surface area contributed by atoms with Gasteiger partial charge in [-0.15, -0.1) is 0 Å². The Labute approximate surface area is 365 Å². The third kappa shape index (κ3) is 6.54. The van der Waals surface area contributed by atoms with Gasteiger partial charge in [0.05, 0.1) is 11.0 Å². The van der Waals surface area contributed by atoms with E-state index in [1.807, 2.05) is 6.08 Å². The van der Waals surface area contributed by atoms with Crippen molar-refractivity contribution in [3.05, 3.63) is 236 Å². The first-order chi connectivity index (χ1) is 30.4. The Kier molecular flexibility index (Phi) is 9.81. The van der Waals surface area contributed by atoms with Crippen LogP contribution in [0, 0.1) is 0 Å². The normalized spacial score (nSPS) is 13.1. The van der Waals surface area contributed by atoms with Crippen LogP contribution in [0.4, 0.5) is 28.4 Å². The van der Waals surface area contributed by atoms with Crippen LogP contribution in [0.2, 0.25) is 0 Å². The van der Waals surface area contributed by atoms with Crippen LogP contribution in [0.3, 0.4) is 0 Å². The Balaban J connectivity index is 1.03. The zero-order valence-electron chi connectivity index (χ0n) is 35.8. The molecule has 0 unspecified atom stereocenters. The van der Waals surface area contributed by atoms with Gasteiger partial charge in [-0.2, -0.15) is 0 Å². The summed E-state index contributed by atoms with van der Waals surface area (Å²) in [6, 6.07) is 68.5. The Morgan fingerprint density at radius 1 is 0.548 bits per heavy atom. The molecule has 1 aromatic heterocycles. The largest absolute Gasteiger partial charge is 0.344 e. The number of nitrogens with zero attached hydrogens (tertiary/aromatic N) is 3. The molecular weight excluding hydrogens is 751 g/mol. The molecule has 9 aromatic rings. The van der Waals surface area contributed by atoms with E-state index in [1.165, 1.54) is 44.1 Å². The third-order valence-electron chi connectivity index (χ3n) is 12.7. The van der Waals surface area contributed by atoms with Gasteiger partial charge in [0.25, 0.3) is 0 Å². The van der Waals surface area contributed by atoms with E-state index in [4.69, 9.17) is 0 Å². The molecule has 0 bridgehead atoms. The highest BCUT2D eigenvalue weighted by molar-refractivity contribution is 6.11. The van der Waals surface area contributed by atoms with Crippen LogP contribution in [0.15, 0.2) is 219 Å². The number of allylic oxidation sites excluding steroid dienone is 5. The fraction of sp³-hybridized carbons (Fsp3) is 0.0847. The molecule has 0 aliphatic heterocycles. The second-order valence-electron chi connectivity index (χ2n) is 16.7. The molecule has 0 amide bonds. The quantitative estimate of drug-likeness (QED) is 0.128. The number of aromatic nitrogens is 1. The van der Waals surface area contributed by atoms with Gasteiger partial charge in [0.2, 0.25) is 0 Å². The van der Waals surface area contributed by atoms with Crippen molar-refractivity contribution < 1.29 is 0 Å². The minimum absolute atomic E-state index is 0.0598. The summed E-state index contributed by atoms with van der Waals surface area (Å²) < 4.78 is 2.44. The average Bonchev–Trinajstić information content (AvgIpc) is 3.76. The van der Waals surface area contributed by atoms with Crippen molar-refractivity contribution in [2.45, 2.75) is 26.2 Å². The summed E-state index contributed by atoms with van der Waals surface area (Å²) in [5, 5.41) is 2.56. The minimum atomic E-state index is -0.0598. The predicted octanol–water partition coefficient (Wildman–Crippen LogP) is 16.1. The van der Waals surface area contributed by atoms with Crippen LogP contribution in [0.1, 0.15) is 37.5 Å². The molecule has 0 saturated carbocycles. The van der Waals surface area contributed by atoms with E-state index in [-0.39, 0.29) is 5.41 Å². The second-order valence-corrected chi connectivity index (χ2v) is 16.7. The maximum absolute atomic E-state index is 4.03. The lowest BCUT2D eigenvalue weighted by Crippen LogP contribution is -2.14. The molecule has 0 atom stereocenters. The summed E-state index contributed by atoms with van der Waals surface area (Å²) in [5.41, 5.74) is 19.0. The fourth-order valence-electron chi connectivity index (χ4n) is 9.59. The molecule has 0 spiro atoms. The summed E-state index contributed by atoms with van der Waals surface area (Å²) in [6.07, 6.45) is 8.19. The average molecular weight is 800 g/mol. The molecule has 0 fully saturated rings. The molecule has 62 heavy (non-hydrogen) atoms. The van der Waals surface area contributed by atoms with Crippen LogP contribution < -0.4 is 9.80 Å². The van der Waals surface area contributed by atoms with Crippen molar-refractivity contribution >= 4 is 55.8 Å². The Morgan fingerprint density at radius 2 is 1.16 bits per heavy atom. The number of para-hydroxylation sites is 3. The van der Waals surface area contributed by atoms with Crippen LogP contribution in [0.25, 0.3) is 55.3 Å². The van der Waals surface area contributed by atoms with E-state index >= 15 is 0 Å². The first kappa shape index (κ1) is 38.6. The molecule has 3 nitrogen and oxygen atoms in total. The van der Waals surface area contributed by atoms with Crippen molar-refractivity contribution in [2.24, 2.45) is 0 Å². The highest BCUT2D eigenvalue weighted by Gasteiger charge is 2.36. The minimum Gasteiger partial charge on any atom is -0.344 e. The van der Waals surface area contributed by atoms with Crippen molar-refractivity contribution in [1.29, 1.82) is 0 Å². The van der Waals surface area contributed by atoms with Crippen LogP contribution in [0.5, 0.6) is 0 Å². The van der Waals surface area contributed by atoms with E-state index in [9.17, 15) is 0 Å². The van der Waals surface area contributed by atoms with Gasteiger partial charge in [-0.05, 0) is 137 Å². The molecule has 0 radical (unpaired) electrons. The smallest absolute Gasteiger partial charge is 0.0547 e. The Bertz CT molecular complexity index is 3170. The van der Waals surface area contributed by atoms with Crippen molar-refractivity contribution in [1.82, 2.24) is 4.57 Å². The van der Waals surface area contributed by atoms with E-state index in [0.29, 0.717) is 0 Å². The Hall–Kier alpha value is -7.62. The van der Waals surface area contributed by atoms with Crippen LogP contribution in [-0.2, 0) is 5.41 Å². The summed E-state index contributed by atoms with van der Waals surface area (Å²) >= 11 is 0. The van der Waals surface area contributed by atoms with Crippen LogP contribution in [-0.4, -0.2) is 11.6 Å². The van der Waals surface area contributed by atoms with Gasteiger partial charge in [-0.1, -0.05) is 142 Å². The molecule has 1 aliphatic carbocycles. The van der Waals surface area contributed by atoms with Gasteiger partial charge < -0.3 is 14.4 Å². The highest BCUT2D eigenvalue weighted by atomic mass is 15.1. The molecule has 1 aliphatic rings. The molecule has 300 valence electrons. The molecule has 10 rings (SSSR count). The predicted molar refractivity (Wildman–Crippen MR) is 266 cm³/mol. The number of hydrogen-bond acceptors (Lipinski definition) is 2. The Morgan fingerprint density at radius 3 is 1.87 bits per heavy atom. The number of benzene rings is 8. The molecule has 0 N–H and O–H groups in total. The van der Waals surface area contributed by atoms with Gasteiger partial charge in [0.15, 0.2) is 0 Å². The van der Waals surface area contributed by atoms with E-state index in [0.717, 1.165) is 56.4 Å². The van der Waals surface area contributed by atoms with E-state index < -0.39 is 0 Å². The number of anilines is 5. The first-order valence-electron chi connectivity index (χ1n) is 21.5.